The van der Waals surface area contributed by atoms with Gasteiger partial charge in [0.15, 0.2) is 6.29 Å². The number of anilines is 1. The normalized spacial score (nSPS) is 19.0. The van der Waals surface area contributed by atoms with Gasteiger partial charge in [-0.05, 0) is 32.5 Å². The van der Waals surface area contributed by atoms with Crippen LogP contribution in [0.1, 0.15) is 23.2 Å². The molecule has 0 aliphatic carbocycles. The van der Waals surface area contributed by atoms with Crippen molar-refractivity contribution in [1.82, 2.24) is 4.90 Å². The molecule has 1 aliphatic heterocycles. The van der Waals surface area contributed by atoms with Crippen LogP contribution in [0.25, 0.3) is 0 Å². The molecule has 0 amide bonds. The maximum absolute atomic E-state index is 11.1. The first-order valence-electron chi connectivity index (χ1n) is 6.68. The van der Waals surface area contributed by atoms with Crippen LogP contribution in [0, 0.1) is 10.1 Å². The molecule has 1 aliphatic rings. The second-order valence-corrected chi connectivity index (χ2v) is 5.28. The van der Waals surface area contributed by atoms with Crippen molar-refractivity contribution < 1.29 is 9.72 Å². The second-order valence-electron chi connectivity index (χ2n) is 5.28. The average molecular weight is 277 g/mol. The zero-order valence-corrected chi connectivity index (χ0v) is 11.8. The van der Waals surface area contributed by atoms with Crippen LogP contribution in [-0.2, 0) is 0 Å². The number of hydrogen-bond acceptors (Lipinski definition) is 5. The molecule has 1 aromatic rings. The lowest BCUT2D eigenvalue weighted by Crippen LogP contribution is -2.37. The van der Waals surface area contributed by atoms with Crippen molar-refractivity contribution in [1.29, 1.82) is 0 Å². The van der Waals surface area contributed by atoms with Crippen molar-refractivity contribution in [3.05, 3.63) is 33.9 Å². The lowest BCUT2D eigenvalue weighted by atomic mass is 10.1. The highest BCUT2D eigenvalue weighted by molar-refractivity contribution is 5.85. The van der Waals surface area contributed by atoms with Crippen LogP contribution < -0.4 is 4.90 Å². The number of carbonyl (C=O) groups excluding carboxylic acids is 1. The Morgan fingerprint density at radius 3 is 2.85 bits per heavy atom. The van der Waals surface area contributed by atoms with Crippen molar-refractivity contribution in [3.63, 3.8) is 0 Å². The highest BCUT2D eigenvalue weighted by Crippen LogP contribution is 2.25. The molecule has 1 heterocycles. The minimum Gasteiger partial charge on any atom is -0.372 e. The number of nitro groups is 1. The molecule has 0 radical (unpaired) electrons. The third kappa shape index (κ3) is 2.96. The first-order valence-corrected chi connectivity index (χ1v) is 6.68. The van der Waals surface area contributed by atoms with Crippen molar-refractivity contribution in [3.8, 4) is 0 Å². The third-order valence-electron chi connectivity index (χ3n) is 3.92. The van der Waals surface area contributed by atoms with Gasteiger partial charge in [0.2, 0.25) is 0 Å². The Bertz CT molecular complexity index is 518. The molecule has 0 saturated carbocycles. The fourth-order valence-electron chi connectivity index (χ4n) is 2.72. The maximum Gasteiger partial charge on any atom is 0.270 e. The molecule has 6 heteroatoms. The Balaban J connectivity index is 2.18. The number of rotatable bonds is 5. The van der Waals surface area contributed by atoms with Gasteiger partial charge in [-0.15, -0.1) is 0 Å². The van der Waals surface area contributed by atoms with Gasteiger partial charge in [-0.1, -0.05) is 0 Å². The van der Waals surface area contributed by atoms with E-state index < -0.39 is 4.92 Å². The van der Waals surface area contributed by atoms with E-state index in [1.165, 1.54) is 18.6 Å². The molecular formula is C14H19N3O3. The Morgan fingerprint density at radius 2 is 2.30 bits per heavy atom. The summed E-state index contributed by atoms with van der Waals surface area (Å²) in [5, 5.41) is 10.7. The van der Waals surface area contributed by atoms with Crippen LogP contribution >= 0.6 is 0 Å². The highest BCUT2D eigenvalue weighted by atomic mass is 16.6. The first kappa shape index (κ1) is 14.5. The van der Waals surface area contributed by atoms with Crippen LogP contribution in [0.5, 0.6) is 0 Å². The van der Waals surface area contributed by atoms with Crippen molar-refractivity contribution >= 4 is 17.7 Å². The predicted octanol–water partition coefficient (Wildman–Crippen LogP) is 1.94. The van der Waals surface area contributed by atoms with E-state index in [1.54, 1.807) is 6.07 Å². The minimum absolute atomic E-state index is 0.0535. The summed E-state index contributed by atoms with van der Waals surface area (Å²) < 4.78 is 0. The summed E-state index contributed by atoms with van der Waals surface area (Å²) in [6.45, 7) is 1.91. The SMILES string of the molecule is CN(CC1CCCN1C)c1ccc([N+](=O)[O-])cc1C=O. The highest BCUT2D eigenvalue weighted by Gasteiger charge is 2.23. The monoisotopic (exact) mass is 277 g/mol. The standard InChI is InChI=1S/C14H19N3O3/c1-15-7-3-4-13(15)9-16(2)14-6-5-12(17(19)20)8-11(14)10-18/h5-6,8,10,13H,3-4,7,9H2,1-2H3. The summed E-state index contributed by atoms with van der Waals surface area (Å²) in [6, 6.07) is 4.89. The van der Waals surface area contributed by atoms with E-state index in [9.17, 15) is 14.9 Å². The number of nitrogens with zero attached hydrogens (tertiary/aromatic N) is 3. The van der Waals surface area contributed by atoms with Gasteiger partial charge in [0.05, 0.1) is 4.92 Å². The van der Waals surface area contributed by atoms with E-state index in [0.717, 1.165) is 25.2 Å². The topological polar surface area (TPSA) is 66.7 Å². The van der Waals surface area contributed by atoms with Crippen LogP contribution in [0.2, 0.25) is 0 Å². The molecule has 0 bridgehead atoms. The van der Waals surface area contributed by atoms with Gasteiger partial charge in [0, 0.05) is 43.0 Å². The fraction of sp³-hybridized carbons (Fsp3) is 0.500. The molecule has 2 rings (SSSR count). The second kappa shape index (κ2) is 6.00. The lowest BCUT2D eigenvalue weighted by Gasteiger charge is -2.28. The molecule has 20 heavy (non-hydrogen) atoms. The van der Waals surface area contributed by atoms with Gasteiger partial charge in [0.1, 0.15) is 0 Å². The number of likely N-dealkylation sites (tertiary alicyclic amines) is 1. The van der Waals surface area contributed by atoms with Gasteiger partial charge in [0.25, 0.3) is 5.69 Å². The van der Waals surface area contributed by atoms with E-state index in [2.05, 4.69) is 11.9 Å². The Hall–Kier alpha value is -1.95. The number of aldehydes is 1. The summed E-state index contributed by atoms with van der Waals surface area (Å²) in [7, 11) is 4.02. The number of carbonyl (C=O) groups is 1. The Morgan fingerprint density at radius 1 is 1.55 bits per heavy atom. The maximum atomic E-state index is 11.1. The van der Waals surface area contributed by atoms with E-state index >= 15 is 0 Å². The summed E-state index contributed by atoms with van der Waals surface area (Å²) in [6.07, 6.45) is 3.01. The fourth-order valence-corrected chi connectivity index (χ4v) is 2.72. The van der Waals surface area contributed by atoms with E-state index in [4.69, 9.17) is 0 Å². The predicted molar refractivity (Wildman–Crippen MR) is 77.4 cm³/mol. The minimum atomic E-state index is -0.485. The average Bonchev–Trinajstić information content (AvgIpc) is 2.83. The molecule has 6 nitrogen and oxygen atoms in total. The zero-order valence-electron chi connectivity index (χ0n) is 11.8. The van der Waals surface area contributed by atoms with Crippen molar-refractivity contribution in [2.75, 3.05) is 32.1 Å². The summed E-state index contributed by atoms with van der Waals surface area (Å²) in [4.78, 5) is 25.7. The van der Waals surface area contributed by atoms with E-state index in [0.29, 0.717) is 17.9 Å². The van der Waals surface area contributed by atoms with Gasteiger partial charge < -0.3 is 9.80 Å². The molecule has 0 aromatic heterocycles. The molecule has 1 atom stereocenters. The van der Waals surface area contributed by atoms with Crippen molar-refractivity contribution in [2.45, 2.75) is 18.9 Å². The largest absolute Gasteiger partial charge is 0.372 e. The van der Waals surface area contributed by atoms with Gasteiger partial charge in [-0.2, -0.15) is 0 Å². The molecular weight excluding hydrogens is 258 g/mol. The quantitative estimate of drug-likeness (QED) is 0.467. The van der Waals surface area contributed by atoms with E-state index in [1.807, 2.05) is 11.9 Å². The number of benzene rings is 1. The number of non-ortho nitro benzene ring substituents is 1. The van der Waals surface area contributed by atoms with Gasteiger partial charge >= 0.3 is 0 Å². The smallest absolute Gasteiger partial charge is 0.270 e. The summed E-state index contributed by atoms with van der Waals surface area (Å²) >= 11 is 0. The zero-order chi connectivity index (χ0) is 14.7. The number of nitro benzene ring substituents is 1. The number of hydrogen-bond donors (Lipinski definition) is 0. The Labute approximate surface area is 118 Å². The number of likely N-dealkylation sites (N-methyl/N-ethyl adjacent to an activating group) is 2. The molecule has 1 saturated heterocycles. The van der Waals surface area contributed by atoms with Crippen LogP contribution in [-0.4, -0.2) is 49.3 Å². The van der Waals surface area contributed by atoms with Crippen LogP contribution in [0.4, 0.5) is 11.4 Å². The first-order chi connectivity index (χ1) is 9.52. The Kier molecular flexibility index (Phi) is 4.34. The molecule has 1 unspecified atom stereocenters. The van der Waals surface area contributed by atoms with Gasteiger partial charge in [-0.25, -0.2) is 0 Å². The molecule has 1 aromatic carbocycles. The summed E-state index contributed by atoms with van der Waals surface area (Å²) in [5.41, 5.74) is 1.05. The van der Waals surface area contributed by atoms with Gasteiger partial charge in [-0.3, -0.25) is 14.9 Å². The van der Waals surface area contributed by atoms with E-state index in [-0.39, 0.29) is 5.69 Å². The van der Waals surface area contributed by atoms with Crippen LogP contribution in [0.15, 0.2) is 18.2 Å². The molecule has 0 spiro atoms. The third-order valence-corrected chi connectivity index (χ3v) is 3.92. The van der Waals surface area contributed by atoms with Crippen LogP contribution in [0.3, 0.4) is 0 Å². The molecule has 0 N–H and O–H groups in total. The molecule has 1 fully saturated rings. The molecule has 108 valence electrons. The summed E-state index contributed by atoms with van der Waals surface area (Å²) in [5.74, 6) is 0. The lowest BCUT2D eigenvalue weighted by molar-refractivity contribution is -0.384. The van der Waals surface area contributed by atoms with Crippen molar-refractivity contribution in [2.24, 2.45) is 0 Å².